The minimum Gasteiger partial charge on any atom is -0.491 e. The Bertz CT molecular complexity index is 990. The predicted molar refractivity (Wildman–Crippen MR) is 94.5 cm³/mol. The second-order valence-electron chi connectivity index (χ2n) is 5.67. The molecule has 1 aromatic carbocycles. The fourth-order valence-electron chi connectivity index (χ4n) is 2.92. The van der Waals surface area contributed by atoms with Crippen LogP contribution in [-0.4, -0.2) is 37.5 Å². The number of rotatable bonds is 6. The van der Waals surface area contributed by atoms with E-state index in [4.69, 9.17) is 9.84 Å². The quantitative estimate of drug-likeness (QED) is 0.589. The van der Waals surface area contributed by atoms with Crippen molar-refractivity contribution in [3.8, 4) is 17.1 Å². The van der Waals surface area contributed by atoms with E-state index in [-0.39, 0.29) is 13.2 Å². The highest BCUT2D eigenvalue weighted by molar-refractivity contribution is 5.59. The van der Waals surface area contributed by atoms with Crippen LogP contribution in [0.2, 0.25) is 0 Å². The zero-order chi connectivity index (χ0) is 17.1. The van der Waals surface area contributed by atoms with Crippen LogP contribution < -0.4 is 4.74 Å². The molecule has 0 aliphatic carbocycles. The molecule has 4 rings (SSSR count). The number of fused-ring (bicyclic) bond motifs is 1. The van der Waals surface area contributed by atoms with Crippen LogP contribution >= 0.6 is 0 Å². The maximum atomic E-state index is 8.91. The molecule has 0 atom stereocenters. The molecule has 0 fully saturated rings. The highest BCUT2D eigenvalue weighted by Crippen LogP contribution is 2.24. The number of aliphatic hydroxyl groups is 1. The summed E-state index contributed by atoms with van der Waals surface area (Å²) in [6.45, 7) is 0.975. The molecule has 0 spiro atoms. The van der Waals surface area contributed by atoms with E-state index in [0.717, 1.165) is 22.7 Å². The Morgan fingerprint density at radius 1 is 1.04 bits per heavy atom. The molecule has 0 amide bonds. The van der Waals surface area contributed by atoms with Gasteiger partial charge in [-0.3, -0.25) is 0 Å². The Hall–Kier alpha value is -3.12. The van der Waals surface area contributed by atoms with Crippen LogP contribution in [0.3, 0.4) is 0 Å². The lowest BCUT2D eigenvalue weighted by molar-refractivity contribution is 0.201. The van der Waals surface area contributed by atoms with E-state index < -0.39 is 0 Å². The summed E-state index contributed by atoms with van der Waals surface area (Å²) in [6.07, 6.45) is 7.51. The first-order valence-electron chi connectivity index (χ1n) is 8.11. The molecule has 0 saturated heterocycles. The fraction of sp³-hybridized carbons (Fsp3) is 0.158. The normalized spacial score (nSPS) is 11.1. The molecule has 126 valence electrons. The second kappa shape index (κ2) is 6.78. The van der Waals surface area contributed by atoms with E-state index in [1.165, 1.54) is 5.56 Å². The standard InChI is InChI=1S/C19H18N4O2/c24-11-12-25-17-5-1-3-15(13-17)19-20-8-10-22(19)14-16-4-2-9-23-18(16)6-7-21-23/h1-10,13,24H,11-12,14H2. The summed E-state index contributed by atoms with van der Waals surface area (Å²) in [5.74, 6) is 1.59. The number of nitrogens with zero attached hydrogens (tertiary/aromatic N) is 4. The molecule has 6 nitrogen and oxygen atoms in total. The van der Waals surface area contributed by atoms with Gasteiger partial charge in [0.1, 0.15) is 18.2 Å². The molecule has 0 unspecified atom stereocenters. The molecule has 4 aromatic rings. The molecule has 0 radical (unpaired) electrons. The molecule has 0 aliphatic heterocycles. The minimum atomic E-state index is -0.00574. The smallest absolute Gasteiger partial charge is 0.140 e. The van der Waals surface area contributed by atoms with Gasteiger partial charge >= 0.3 is 0 Å². The van der Waals surface area contributed by atoms with Gasteiger partial charge in [0, 0.05) is 30.4 Å². The first-order chi connectivity index (χ1) is 12.3. The van der Waals surface area contributed by atoms with Crippen LogP contribution in [0.5, 0.6) is 5.75 Å². The predicted octanol–water partition coefficient (Wildman–Crippen LogP) is 2.62. The fourth-order valence-corrected chi connectivity index (χ4v) is 2.92. The van der Waals surface area contributed by atoms with Crippen molar-refractivity contribution in [2.75, 3.05) is 13.2 Å². The lowest BCUT2D eigenvalue weighted by Crippen LogP contribution is -2.04. The Labute approximate surface area is 144 Å². The molecule has 3 aromatic heterocycles. The van der Waals surface area contributed by atoms with E-state index in [9.17, 15) is 0 Å². The first-order valence-corrected chi connectivity index (χ1v) is 8.11. The van der Waals surface area contributed by atoms with E-state index in [2.05, 4.69) is 20.7 Å². The monoisotopic (exact) mass is 334 g/mol. The lowest BCUT2D eigenvalue weighted by Gasteiger charge is -2.11. The largest absolute Gasteiger partial charge is 0.491 e. The molecule has 0 bridgehead atoms. The van der Waals surface area contributed by atoms with E-state index in [0.29, 0.717) is 6.54 Å². The number of aromatic nitrogens is 4. The van der Waals surface area contributed by atoms with Crippen LogP contribution in [0, 0.1) is 0 Å². The van der Waals surface area contributed by atoms with Crippen molar-refractivity contribution in [1.82, 2.24) is 19.2 Å². The lowest BCUT2D eigenvalue weighted by atomic mass is 10.2. The van der Waals surface area contributed by atoms with Gasteiger partial charge in [0.25, 0.3) is 0 Å². The van der Waals surface area contributed by atoms with Gasteiger partial charge in [0.05, 0.1) is 18.7 Å². The minimum absolute atomic E-state index is 0.00574. The summed E-state index contributed by atoms with van der Waals surface area (Å²) < 4.78 is 9.48. The van der Waals surface area contributed by atoms with Gasteiger partial charge in [-0.1, -0.05) is 18.2 Å². The zero-order valence-corrected chi connectivity index (χ0v) is 13.6. The number of hydrogen-bond donors (Lipinski definition) is 1. The first kappa shape index (κ1) is 15.4. The maximum absolute atomic E-state index is 8.91. The van der Waals surface area contributed by atoms with Gasteiger partial charge in [0.2, 0.25) is 0 Å². The van der Waals surface area contributed by atoms with Crippen LogP contribution in [0.15, 0.2) is 67.3 Å². The highest BCUT2D eigenvalue weighted by Gasteiger charge is 2.09. The van der Waals surface area contributed by atoms with E-state index in [1.54, 1.807) is 12.4 Å². The van der Waals surface area contributed by atoms with Crippen molar-refractivity contribution >= 4 is 5.52 Å². The summed E-state index contributed by atoms with van der Waals surface area (Å²) in [5, 5.41) is 13.2. The summed E-state index contributed by atoms with van der Waals surface area (Å²) in [4.78, 5) is 4.51. The van der Waals surface area contributed by atoms with Gasteiger partial charge < -0.3 is 14.4 Å². The maximum Gasteiger partial charge on any atom is 0.140 e. The van der Waals surface area contributed by atoms with Gasteiger partial charge in [0.15, 0.2) is 0 Å². The van der Waals surface area contributed by atoms with Crippen LogP contribution in [0.25, 0.3) is 16.9 Å². The summed E-state index contributed by atoms with van der Waals surface area (Å²) in [6, 6.07) is 13.8. The topological polar surface area (TPSA) is 64.6 Å². The van der Waals surface area contributed by atoms with Gasteiger partial charge in [-0.05, 0) is 29.8 Å². The van der Waals surface area contributed by atoms with Crippen molar-refractivity contribution in [3.63, 3.8) is 0 Å². The van der Waals surface area contributed by atoms with E-state index >= 15 is 0 Å². The number of benzene rings is 1. The Morgan fingerprint density at radius 2 is 2.00 bits per heavy atom. The van der Waals surface area contributed by atoms with Crippen molar-refractivity contribution in [2.24, 2.45) is 0 Å². The number of imidazole rings is 1. The van der Waals surface area contributed by atoms with Gasteiger partial charge in [-0.15, -0.1) is 0 Å². The van der Waals surface area contributed by atoms with Crippen molar-refractivity contribution in [1.29, 1.82) is 0 Å². The number of pyridine rings is 1. The molecule has 25 heavy (non-hydrogen) atoms. The molecular formula is C19H18N4O2. The zero-order valence-electron chi connectivity index (χ0n) is 13.6. The third-order valence-corrected chi connectivity index (χ3v) is 4.03. The SMILES string of the molecule is OCCOc1cccc(-c2nccn2Cc2cccn3nccc23)c1. The van der Waals surface area contributed by atoms with Gasteiger partial charge in [-0.25, -0.2) is 9.50 Å². The van der Waals surface area contributed by atoms with E-state index in [1.807, 2.05) is 53.3 Å². The van der Waals surface area contributed by atoms with Crippen molar-refractivity contribution in [3.05, 3.63) is 72.8 Å². The number of ether oxygens (including phenoxy) is 1. The molecule has 0 aliphatic rings. The molecule has 1 N–H and O–H groups in total. The Balaban J connectivity index is 1.66. The van der Waals surface area contributed by atoms with Crippen LogP contribution in [-0.2, 0) is 6.54 Å². The van der Waals surface area contributed by atoms with Gasteiger partial charge in [-0.2, -0.15) is 5.10 Å². The second-order valence-corrected chi connectivity index (χ2v) is 5.67. The molecule has 3 heterocycles. The average Bonchev–Trinajstić information content (AvgIpc) is 3.30. The average molecular weight is 334 g/mol. The van der Waals surface area contributed by atoms with Crippen molar-refractivity contribution < 1.29 is 9.84 Å². The third-order valence-electron chi connectivity index (χ3n) is 4.03. The number of hydrogen-bond acceptors (Lipinski definition) is 4. The summed E-state index contributed by atoms with van der Waals surface area (Å²) in [5.41, 5.74) is 3.23. The molecule has 0 saturated carbocycles. The Kier molecular flexibility index (Phi) is 4.18. The molecule has 6 heteroatoms. The third kappa shape index (κ3) is 3.12. The highest BCUT2D eigenvalue weighted by atomic mass is 16.5. The summed E-state index contributed by atoms with van der Waals surface area (Å²) in [7, 11) is 0. The van der Waals surface area contributed by atoms with Crippen molar-refractivity contribution in [2.45, 2.75) is 6.54 Å². The summed E-state index contributed by atoms with van der Waals surface area (Å²) >= 11 is 0. The van der Waals surface area contributed by atoms with Crippen LogP contribution in [0.1, 0.15) is 5.56 Å². The Morgan fingerprint density at radius 3 is 2.92 bits per heavy atom. The number of aliphatic hydroxyl groups excluding tert-OH is 1. The van der Waals surface area contributed by atoms with Crippen LogP contribution in [0.4, 0.5) is 0 Å². The molecular weight excluding hydrogens is 316 g/mol.